The Morgan fingerprint density at radius 1 is 1.33 bits per heavy atom. The number of benzene rings is 1. The number of nitrogens with zero attached hydrogens (tertiary/aromatic N) is 2. The molecule has 0 aliphatic rings. The summed E-state index contributed by atoms with van der Waals surface area (Å²) in [7, 11) is 1.72. The van der Waals surface area contributed by atoms with Crippen LogP contribution in [0.1, 0.15) is 5.56 Å². The van der Waals surface area contributed by atoms with Crippen LogP contribution in [0.5, 0.6) is 0 Å². The van der Waals surface area contributed by atoms with Gasteiger partial charge in [-0.1, -0.05) is 24.3 Å². The summed E-state index contributed by atoms with van der Waals surface area (Å²) in [5, 5.41) is 4.29. The molecule has 2 rings (SSSR count). The highest BCUT2D eigenvalue weighted by Crippen LogP contribution is 2.20. The minimum atomic E-state index is 0.606. The third kappa shape index (κ3) is 3.18. The molecule has 96 valence electrons. The van der Waals surface area contributed by atoms with Gasteiger partial charge in [-0.3, -0.25) is 4.68 Å². The normalized spacial score (nSPS) is 10.8. The zero-order chi connectivity index (χ0) is 12.8. The van der Waals surface area contributed by atoms with Gasteiger partial charge in [-0.05, 0) is 17.5 Å². The quantitative estimate of drug-likeness (QED) is 0.842. The highest BCUT2D eigenvalue weighted by atomic mass is 16.5. The minimum Gasteiger partial charge on any atom is -0.384 e. The monoisotopic (exact) mass is 245 g/mol. The molecule has 4 heteroatoms. The first-order chi connectivity index (χ1) is 8.83. The van der Waals surface area contributed by atoms with E-state index in [1.807, 2.05) is 17.1 Å². The lowest BCUT2D eigenvalue weighted by atomic mass is 10.0. The molecular weight excluding hydrogens is 226 g/mol. The molecule has 0 amide bonds. The molecule has 0 spiro atoms. The number of ether oxygens (including phenoxy) is 1. The van der Waals surface area contributed by atoms with Gasteiger partial charge in [-0.25, -0.2) is 0 Å². The number of methoxy groups -OCH3 is 1. The second kappa shape index (κ2) is 6.33. The summed E-state index contributed by atoms with van der Waals surface area (Å²) in [5.74, 6) is 0. The molecule has 2 N–H and O–H groups in total. The van der Waals surface area contributed by atoms with Crippen molar-refractivity contribution in [3.63, 3.8) is 0 Å². The highest BCUT2D eigenvalue weighted by Gasteiger charge is 2.02. The second-order valence-corrected chi connectivity index (χ2v) is 4.22. The summed E-state index contributed by atoms with van der Waals surface area (Å²) in [6.07, 6.45) is 4.84. The number of nitrogens with two attached hydrogens (primary N) is 1. The van der Waals surface area contributed by atoms with E-state index in [-0.39, 0.29) is 0 Å². The molecule has 0 saturated carbocycles. The molecule has 1 aromatic heterocycles. The number of hydrogen-bond acceptors (Lipinski definition) is 3. The molecule has 0 radical (unpaired) electrons. The third-order valence-electron chi connectivity index (χ3n) is 2.85. The van der Waals surface area contributed by atoms with Crippen LogP contribution in [0.15, 0.2) is 36.7 Å². The van der Waals surface area contributed by atoms with Gasteiger partial charge < -0.3 is 10.5 Å². The average Bonchev–Trinajstić information content (AvgIpc) is 2.86. The first-order valence-electron chi connectivity index (χ1n) is 6.14. The molecule has 2 aromatic rings. The predicted octanol–water partition coefficient (Wildman–Crippen LogP) is 1.70. The van der Waals surface area contributed by atoms with E-state index in [1.54, 1.807) is 7.11 Å². The first-order valence-corrected chi connectivity index (χ1v) is 6.14. The van der Waals surface area contributed by atoms with Gasteiger partial charge in [-0.2, -0.15) is 5.10 Å². The number of hydrogen-bond donors (Lipinski definition) is 1. The van der Waals surface area contributed by atoms with Crippen LogP contribution in [0.3, 0.4) is 0 Å². The molecule has 1 heterocycles. The molecule has 4 nitrogen and oxygen atoms in total. The third-order valence-corrected chi connectivity index (χ3v) is 2.85. The number of rotatable bonds is 6. The van der Waals surface area contributed by atoms with Gasteiger partial charge >= 0.3 is 0 Å². The van der Waals surface area contributed by atoms with Gasteiger partial charge in [0, 0.05) is 25.4 Å². The topological polar surface area (TPSA) is 53.1 Å². The van der Waals surface area contributed by atoms with Gasteiger partial charge in [0.05, 0.1) is 19.3 Å². The molecule has 1 aromatic carbocycles. The molecule has 0 atom stereocenters. The number of aromatic nitrogens is 2. The first kappa shape index (κ1) is 12.8. The van der Waals surface area contributed by atoms with Crippen molar-refractivity contribution in [2.45, 2.75) is 13.0 Å². The Morgan fingerprint density at radius 2 is 2.22 bits per heavy atom. The van der Waals surface area contributed by atoms with Crippen LogP contribution in [0.2, 0.25) is 0 Å². The Bertz CT molecular complexity index is 493. The molecule has 0 aliphatic carbocycles. The molecular formula is C14H19N3O. The van der Waals surface area contributed by atoms with Crippen molar-refractivity contribution in [1.29, 1.82) is 0 Å². The summed E-state index contributed by atoms with van der Waals surface area (Å²) < 4.78 is 6.97. The molecule has 0 fully saturated rings. The molecule has 18 heavy (non-hydrogen) atoms. The van der Waals surface area contributed by atoms with Crippen molar-refractivity contribution in [3.05, 3.63) is 42.2 Å². The van der Waals surface area contributed by atoms with Crippen molar-refractivity contribution in [2.24, 2.45) is 5.73 Å². The van der Waals surface area contributed by atoms with Crippen molar-refractivity contribution in [2.75, 3.05) is 20.3 Å². The lowest BCUT2D eigenvalue weighted by Crippen LogP contribution is -2.09. The van der Waals surface area contributed by atoms with Crippen LogP contribution in [-0.4, -0.2) is 30.0 Å². The Kier molecular flexibility index (Phi) is 4.50. The maximum atomic E-state index is 5.51. The van der Waals surface area contributed by atoms with E-state index in [1.165, 1.54) is 11.1 Å². The van der Waals surface area contributed by atoms with Gasteiger partial charge in [0.15, 0.2) is 0 Å². The summed E-state index contributed by atoms with van der Waals surface area (Å²) in [5.41, 5.74) is 9.11. The van der Waals surface area contributed by atoms with Crippen LogP contribution in [0, 0.1) is 0 Å². The van der Waals surface area contributed by atoms with E-state index in [0.717, 1.165) is 25.1 Å². The van der Waals surface area contributed by atoms with Crippen molar-refractivity contribution >= 4 is 0 Å². The largest absolute Gasteiger partial charge is 0.384 e. The highest BCUT2D eigenvalue weighted by molar-refractivity contribution is 5.62. The van der Waals surface area contributed by atoms with E-state index in [9.17, 15) is 0 Å². The van der Waals surface area contributed by atoms with Crippen molar-refractivity contribution < 1.29 is 4.74 Å². The van der Waals surface area contributed by atoms with Gasteiger partial charge in [-0.15, -0.1) is 0 Å². The van der Waals surface area contributed by atoms with Crippen LogP contribution in [0.25, 0.3) is 11.1 Å². The zero-order valence-electron chi connectivity index (χ0n) is 10.7. The predicted molar refractivity (Wildman–Crippen MR) is 72.3 cm³/mol. The Hall–Kier alpha value is -1.65. The molecule has 0 bridgehead atoms. The lowest BCUT2D eigenvalue weighted by molar-refractivity contribution is 0.202. The van der Waals surface area contributed by atoms with Crippen LogP contribution in [0.4, 0.5) is 0 Å². The Labute approximate surface area is 107 Å². The van der Waals surface area contributed by atoms with E-state index < -0.39 is 0 Å². The van der Waals surface area contributed by atoms with E-state index in [4.69, 9.17) is 10.5 Å². The van der Waals surface area contributed by atoms with Crippen LogP contribution < -0.4 is 5.73 Å². The summed E-state index contributed by atoms with van der Waals surface area (Å²) >= 11 is 0. The van der Waals surface area contributed by atoms with Crippen LogP contribution >= 0.6 is 0 Å². The van der Waals surface area contributed by atoms with Crippen molar-refractivity contribution in [1.82, 2.24) is 9.78 Å². The van der Waals surface area contributed by atoms with Crippen molar-refractivity contribution in [3.8, 4) is 11.1 Å². The summed E-state index contributed by atoms with van der Waals surface area (Å²) in [4.78, 5) is 0. The molecule has 0 unspecified atom stereocenters. The lowest BCUT2D eigenvalue weighted by Gasteiger charge is -2.03. The van der Waals surface area contributed by atoms with Crippen LogP contribution in [-0.2, 0) is 17.7 Å². The smallest absolute Gasteiger partial charge is 0.0568 e. The molecule has 0 saturated heterocycles. The van der Waals surface area contributed by atoms with Gasteiger partial charge in [0.25, 0.3) is 0 Å². The zero-order valence-corrected chi connectivity index (χ0v) is 10.7. The molecule has 0 aliphatic heterocycles. The summed E-state index contributed by atoms with van der Waals surface area (Å²) in [6, 6.07) is 8.47. The van der Waals surface area contributed by atoms with Gasteiger partial charge in [0.1, 0.15) is 0 Å². The van der Waals surface area contributed by atoms with Gasteiger partial charge in [0.2, 0.25) is 0 Å². The maximum absolute atomic E-state index is 5.51. The standard InChI is InChI=1S/C14H19N3O/c1-18-8-5-12-3-2-4-13(9-12)14-10-16-17(11-14)7-6-15/h2-4,9-11H,5-8,15H2,1H3. The summed E-state index contributed by atoms with van der Waals surface area (Å²) in [6.45, 7) is 2.11. The Balaban J connectivity index is 2.15. The SMILES string of the molecule is COCCc1cccc(-c2cnn(CCN)c2)c1. The fourth-order valence-electron chi connectivity index (χ4n) is 1.89. The van der Waals surface area contributed by atoms with E-state index in [2.05, 4.69) is 29.4 Å². The van der Waals surface area contributed by atoms with E-state index in [0.29, 0.717) is 6.54 Å². The van der Waals surface area contributed by atoms with E-state index >= 15 is 0 Å². The average molecular weight is 245 g/mol. The fraction of sp³-hybridized carbons (Fsp3) is 0.357. The second-order valence-electron chi connectivity index (χ2n) is 4.22. The Morgan fingerprint density at radius 3 is 3.00 bits per heavy atom. The fourth-order valence-corrected chi connectivity index (χ4v) is 1.89. The maximum Gasteiger partial charge on any atom is 0.0568 e. The minimum absolute atomic E-state index is 0.606.